The molecule has 1 aromatic heterocycles. The van der Waals surface area contributed by atoms with Crippen molar-refractivity contribution in [1.82, 2.24) is 9.04 Å². The maximum atomic E-state index is 15.4. The van der Waals surface area contributed by atoms with Crippen molar-refractivity contribution in [2.45, 2.75) is 38.4 Å². The standard InChI is InChI=1S/C18H17F2N3O7S2.Na/c1-10-7-11(2)22-14(10)8-13-4-3-12(23(13)32(22,19)20)5-6-17(25)30-21-16(24)9-15(18(21)26)31(27,28)29;/h3-4,7-8,15H,5-6,9H2,1-2H3;/q;+1. The quantitative estimate of drug-likeness (QED) is 0.207. The van der Waals surface area contributed by atoms with E-state index in [1.54, 1.807) is 26.0 Å². The third-order valence-corrected chi connectivity index (χ3v) is 8.10. The molecule has 1 unspecified atom stereocenters. The Bertz CT molecular complexity index is 1280. The Morgan fingerprint density at radius 1 is 1.30 bits per heavy atom. The van der Waals surface area contributed by atoms with Crippen LogP contribution in [0.25, 0.3) is 6.08 Å². The number of fused-ring (bicyclic) bond motifs is 2. The summed E-state index contributed by atoms with van der Waals surface area (Å²) in [5.41, 5.74) is 1.94. The van der Waals surface area contributed by atoms with Crippen LogP contribution in [0.5, 0.6) is 0 Å². The van der Waals surface area contributed by atoms with Gasteiger partial charge in [0.15, 0.2) is 0 Å². The topological polar surface area (TPSA) is 129 Å². The molecule has 0 spiro atoms. The van der Waals surface area contributed by atoms with Crippen LogP contribution in [0.4, 0.5) is 7.77 Å². The summed E-state index contributed by atoms with van der Waals surface area (Å²) in [6.45, 7) is 3.32. The van der Waals surface area contributed by atoms with Crippen molar-refractivity contribution in [2.75, 3.05) is 0 Å². The molecule has 10 nitrogen and oxygen atoms in total. The number of carbonyl (C=O) groups excluding carboxylic acids is 3. The molecule has 2 amide bonds. The third kappa shape index (κ3) is 4.35. The van der Waals surface area contributed by atoms with E-state index >= 15 is 7.77 Å². The molecule has 1 aromatic rings. The largest absolute Gasteiger partial charge is 1.00 e. The molecule has 0 N–H and O–H groups in total. The van der Waals surface area contributed by atoms with Crippen LogP contribution in [0.1, 0.15) is 36.2 Å². The molecule has 1 saturated heterocycles. The number of carbonyl (C=O) groups is 3. The van der Waals surface area contributed by atoms with E-state index in [1.807, 2.05) is 0 Å². The average Bonchev–Trinajstić information content (AvgIpc) is 3.30. The molecule has 1 fully saturated rings. The minimum atomic E-state index is -5.09. The van der Waals surface area contributed by atoms with Gasteiger partial charge < -0.3 is 9.39 Å². The minimum Gasteiger partial charge on any atom is -0.747 e. The fourth-order valence-electron chi connectivity index (χ4n) is 3.81. The fourth-order valence-corrected chi connectivity index (χ4v) is 6.29. The first-order chi connectivity index (χ1) is 14.8. The van der Waals surface area contributed by atoms with Crippen LogP contribution in [0, 0.1) is 13.8 Å². The Morgan fingerprint density at radius 2 is 1.97 bits per heavy atom. The molecule has 15 heteroatoms. The zero-order valence-electron chi connectivity index (χ0n) is 17.8. The summed E-state index contributed by atoms with van der Waals surface area (Å²) in [5, 5.41) is -2.21. The average molecular weight is 512 g/mol. The van der Waals surface area contributed by atoms with Gasteiger partial charge in [-0.05, 0) is 25.5 Å². The monoisotopic (exact) mass is 512 g/mol. The molecule has 3 aliphatic rings. The van der Waals surface area contributed by atoms with Gasteiger partial charge in [0.2, 0.25) is 11.4 Å². The Labute approximate surface area is 211 Å². The van der Waals surface area contributed by atoms with Crippen LogP contribution in [-0.2, 0) is 29.3 Å². The van der Waals surface area contributed by atoms with E-state index in [0.29, 0.717) is 17.0 Å². The summed E-state index contributed by atoms with van der Waals surface area (Å²) in [4.78, 5) is 40.4. The first-order valence-corrected chi connectivity index (χ1v) is 12.1. The van der Waals surface area contributed by atoms with Gasteiger partial charge in [0.25, 0.3) is 11.8 Å². The van der Waals surface area contributed by atoms with E-state index in [2.05, 4.69) is 4.84 Å². The smallest absolute Gasteiger partial charge is 0.747 e. The zero-order valence-corrected chi connectivity index (χ0v) is 21.4. The minimum absolute atomic E-state index is 0. The summed E-state index contributed by atoms with van der Waals surface area (Å²) in [5.74, 6) is -3.71. The van der Waals surface area contributed by atoms with Crippen LogP contribution >= 0.6 is 11.2 Å². The van der Waals surface area contributed by atoms with E-state index in [9.17, 15) is 27.4 Å². The molecular formula is C18H17F2N3NaO7S2+. The molecule has 3 aliphatic heterocycles. The van der Waals surface area contributed by atoms with Crippen LogP contribution in [0.15, 0.2) is 23.9 Å². The summed E-state index contributed by atoms with van der Waals surface area (Å²) in [6, 6.07) is 1.66. The number of hydroxylamine groups is 2. The fraction of sp³-hybridized carbons (Fsp3) is 0.333. The number of aryl methyl sites for hydroxylation is 2. The molecular weight excluding hydrogens is 495 g/mol. The number of amides is 2. The van der Waals surface area contributed by atoms with Crippen molar-refractivity contribution in [3.8, 4) is 0 Å². The van der Waals surface area contributed by atoms with Gasteiger partial charge in [-0.25, -0.2) is 17.2 Å². The van der Waals surface area contributed by atoms with Crippen molar-refractivity contribution in [3.05, 3.63) is 40.9 Å². The number of hydrogen-bond acceptors (Lipinski definition) is 7. The molecule has 0 radical (unpaired) electrons. The summed E-state index contributed by atoms with van der Waals surface area (Å²) < 4.78 is 65.7. The Hall–Kier alpha value is -1.84. The third-order valence-electron chi connectivity index (χ3n) is 5.22. The normalized spacial score (nSPS) is 22.0. The molecule has 0 aromatic carbocycles. The molecule has 33 heavy (non-hydrogen) atoms. The maximum Gasteiger partial charge on any atom is 1.00 e. The molecule has 0 aliphatic carbocycles. The summed E-state index contributed by atoms with van der Waals surface area (Å²) in [7, 11) is -5.09. The van der Waals surface area contributed by atoms with E-state index < -0.39 is 57.2 Å². The van der Waals surface area contributed by atoms with Gasteiger partial charge in [-0.2, -0.15) is 0 Å². The van der Waals surface area contributed by atoms with Gasteiger partial charge in [-0.1, -0.05) is 11.8 Å². The van der Waals surface area contributed by atoms with Gasteiger partial charge in [-0.3, -0.25) is 9.59 Å². The summed E-state index contributed by atoms with van der Waals surface area (Å²) in [6.07, 6.45) is 2.99. The van der Waals surface area contributed by atoms with Gasteiger partial charge in [0, 0.05) is 30.3 Å². The van der Waals surface area contributed by atoms with Gasteiger partial charge >= 0.3 is 46.7 Å². The molecule has 172 valence electrons. The van der Waals surface area contributed by atoms with Crippen molar-refractivity contribution < 1.29 is 73.5 Å². The van der Waals surface area contributed by atoms with E-state index in [4.69, 9.17) is 0 Å². The SMILES string of the molecule is Cc1cc(C)n2c1C=C1C=CC(CCC(=O)ON3C(=O)CC(S(=O)(=O)[O-])C3=O)=[N+]1S2(F)F.[Na+]. The Kier molecular flexibility index (Phi) is 6.83. The van der Waals surface area contributed by atoms with Crippen LogP contribution in [-0.4, -0.2) is 54.7 Å². The van der Waals surface area contributed by atoms with Crippen molar-refractivity contribution in [1.29, 1.82) is 0 Å². The number of aromatic nitrogens is 1. The summed E-state index contributed by atoms with van der Waals surface area (Å²) >= 11 is -4.48. The van der Waals surface area contributed by atoms with Gasteiger partial charge in [0.1, 0.15) is 15.4 Å². The number of nitrogens with zero attached hydrogens (tertiary/aromatic N) is 3. The number of halogens is 2. The molecule has 4 heterocycles. The second-order valence-corrected chi connectivity index (χ2v) is 10.5. The van der Waals surface area contributed by atoms with Crippen molar-refractivity contribution in [3.63, 3.8) is 0 Å². The van der Waals surface area contributed by atoms with Crippen LogP contribution < -0.4 is 29.6 Å². The van der Waals surface area contributed by atoms with Crippen molar-refractivity contribution in [2.24, 2.45) is 0 Å². The molecule has 1 atom stereocenters. The van der Waals surface area contributed by atoms with E-state index in [0.717, 1.165) is 7.95 Å². The number of allylic oxidation sites excluding steroid dienone is 2. The van der Waals surface area contributed by atoms with Gasteiger partial charge in [0.05, 0.1) is 18.5 Å². The number of rotatable bonds is 5. The maximum absolute atomic E-state index is 15.4. The molecule has 0 bridgehead atoms. The first kappa shape index (κ1) is 25.8. The van der Waals surface area contributed by atoms with E-state index in [-0.39, 0.29) is 52.5 Å². The second kappa shape index (κ2) is 8.74. The van der Waals surface area contributed by atoms with E-state index in [1.165, 1.54) is 12.2 Å². The van der Waals surface area contributed by atoms with Gasteiger partial charge in [-0.15, -0.1) is 5.06 Å². The predicted octanol–water partition coefficient (Wildman–Crippen LogP) is -1.35. The number of hydrogen-bond donors (Lipinski definition) is 0. The Balaban J connectivity index is 0.00000306. The van der Waals surface area contributed by atoms with Crippen LogP contribution in [0.3, 0.4) is 0 Å². The molecule has 0 saturated carbocycles. The Morgan fingerprint density at radius 3 is 2.58 bits per heavy atom. The van der Waals surface area contributed by atoms with Crippen molar-refractivity contribution >= 4 is 50.9 Å². The van der Waals surface area contributed by atoms with Crippen LogP contribution in [0.2, 0.25) is 0 Å². The molecule has 4 rings (SSSR count). The zero-order chi connectivity index (χ0) is 23.6. The first-order valence-electron chi connectivity index (χ1n) is 9.32. The predicted molar refractivity (Wildman–Crippen MR) is 107 cm³/mol. The number of imide groups is 1. The second-order valence-electron chi connectivity index (χ2n) is 7.43.